The molecule has 0 saturated carbocycles. The molecule has 1 N–H and O–H groups in total. The summed E-state index contributed by atoms with van der Waals surface area (Å²) in [7, 11) is 5.17. The smallest absolute Gasteiger partial charge is 0.328 e. The van der Waals surface area contributed by atoms with Gasteiger partial charge in [0, 0.05) is 12.1 Å². The monoisotopic (exact) mass is 515 g/mol. The second kappa shape index (κ2) is 14.6. The lowest BCUT2D eigenvalue weighted by Gasteiger charge is -2.31. The highest BCUT2D eigenvalue weighted by molar-refractivity contribution is 6.06. The second-order valence-corrected chi connectivity index (χ2v) is 8.99. The standard InChI is InChI=1S/C29H41NO7/c1-7-36-27(32)29(28(33)37-8-2,24-13-12-23(20-31)26(19-24)35-6)15-9-16-30(4)17-14-22-11-10-21(3)25(18-22)34-5/h10-13,18-19,31H,7-9,14-17,20H2,1-6H3. The van der Waals surface area contributed by atoms with Gasteiger partial charge in [0.2, 0.25) is 0 Å². The molecule has 0 unspecified atom stereocenters. The molecule has 0 aliphatic heterocycles. The van der Waals surface area contributed by atoms with Crippen molar-refractivity contribution >= 4 is 11.9 Å². The Kier molecular flexibility index (Phi) is 11.9. The van der Waals surface area contributed by atoms with Gasteiger partial charge in [-0.15, -0.1) is 0 Å². The number of hydrogen-bond acceptors (Lipinski definition) is 8. The van der Waals surface area contributed by atoms with Gasteiger partial charge in [-0.25, -0.2) is 0 Å². The Hall–Kier alpha value is -3.10. The fourth-order valence-electron chi connectivity index (χ4n) is 4.38. The third-order valence-electron chi connectivity index (χ3n) is 6.54. The molecule has 204 valence electrons. The lowest BCUT2D eigenvalue weighted by molar-refractivity contribution is -0.165. The number of esters is 2. The van der Waals surface area contributed by atoms with Crippen LogP contribution in [-0.2, 0) is 37.5 Å². The zero-order valence-electron chi connectivity index (χ0n) is 23.0. The summed E-state index contributed by atoms with van der Waals surface area (Å²) in [5.41, 5.74) is 1.61. The van der Waals surface area contributed by atoms with Gasteiger partial charge in [-0.2, -0.15) is 0 Å². The molecule has 2 rings (SSSR count). The van der Waals surface area contributed by atoms with Crippen molar-refractivity contribution in [3.8, 4) is 11.5 Å². The molecule has 0 aliphatic rings. The summed E-state index contributed by atoms with van der Waals surface area (Å²) in [6.45, 7) is 6.92. The molecule has 0 spiro atoms. The van der Waals surface area contributed by atoms with E-state index < -0.39 is 17.4 Å². The predicted octanol–water partition coefficient (Wildman–Crippen LogP) is 3.82. The van der Waals surface area contributed by atoms with Crippen LogP contribution in [0, 0.1) is 6.92 Å². The first kappa shape index (κ1) is 30.1. The van der Waals surface area contributed by atoms with Gasteiger partial charge >= 0.3 is 11.9 Å². The Morgan fingerprint density at radius 2 is 1.57 bits per heavy atom. The van der Waals surface area contributed by atoms with Crippen molar-refractivity contribution in [2.24, 2.45) is 0 Å². The molecule has 0 bridgehead atoms. The molecule has 0 radical (unpaired) electrons. The summed E-state index contributed by atoms with van der Waals surface area (Å²) in [6, 6.07) is 11.1. The van der Waals surface area contributed by atoms with Crippen LogP contribution >= 0.6 is 0 Å². The first-order valence-electron chi connectivity index (χ1n) is 12.7. The van der Waals surface area contributed by atoms with Gasteiger partial charge in [0.05, 0.1) is 34.0 Å². The first-order valence-corrected chi connectivity index (χ1v) is 12.7. The Morgan fingerprint density at radius 1 is 0.919 bits per heavy atom. The molecule has 0 saturated heterocycles. The molecular formula is C29H41NO7. The maximum absolute atomic E-state index is 13.4. The Bertz CT molecular complexity index is 1020. The zero-order chi connectivity index (χ0) is 27.4. The van der Waals surface area contributed by atoms with E-state index in [9.17, 15) is 14.7 Å². The van der Waals surface area contributed by atoms with Crippen LogP contribution < -0.4 is 9.47 Å². The normalized spacial score (nSPS) is 11.4. The SMILES string of the molecule is CCOC(=O)C(CCCN(C)CCc1ccc(C)c(OC)c1)(C(=O)OCC)c1ccc(CO)c(OC)c1. The summed E-state index contributed by atoms with van der Waals surface area (Å²) in [6.07, 6.45) is 1.60. The Morgan fingerprint density at radius 3 is 2.14 bits per heavy atom. The summed E-state index contributed by atoms with van der Waals surface area (Å²) >= 11 is 0. The number of aliphatic hydroxyl groups is 1. The van der Waals surface area contributed by atoms with Crippen molar-refractivity contribution in [1.29, 1.82) is 0 Å². The van der Waals surface area contributed by atoms with E-state index in [2.05, 4.69) is 23.1 Å². The van der Waals surface area contributed by atoms with Crippen molar-refractivity contribution < 1.29 is 33.6 Å². The van der Waals surface area contributed by atoms with Gasteiger partial charge in [0.25, 0.3) is 0 Å². The van der Waals surface area contributed by atoms with E-state index >= 15 is 0 Å². The molecule has 0 heterocycles. The summed E-state index contributed by atoms with van der Waals surface area (Å²) in [4.78, 5) is 28.9. The number of benzene rings is 2. The van der Waals surface area contributed by atoms with Crippen LogP contribution in [0.3, 0.4) is 0 Å². The fourth-order valence-corrected chi connectivity index (χ4v) is 4.38. The van der Waals surface area contributed by atoms with Gasteiger partial charge in [0.15, 0.2) is 5.41 Å². The van der Waals surface area contributed by atoms with Gasteiger partial charge in [-0.3, -0.25) is 9.59 Å². The largest absolute Gasteiger partial charge is 0.496 e. The highest BCUT2D eigenvalue weighted by atomic mass is 16.6. The third kappa shape index (κ3) is 7.46. The van der Waals surface area contributed by atoms with Crippen molar-refractivity contribution in [3.63, 3.8) is 0 Å². The summed E-state index contributed by atoms with van der Waals surface area (Å²) < 4.78 is 21.6. The second-order valence-electron chi connectivity index (χ2n) is 8.99. The number of aliphatic hydroxyl groups excluding tert-OH is 1. The number of nitrogens with zero attached hydrogens (tertiary/aromatic N) is 1. The number of rotatable bonds is 15. The van der Waals surface area contributed by atoms with E-state index in [4.69, 9.17) is 18.9 Å². The topological polar surface area (TPSA) is 94.5 Å². The Balaban J connectivity index is 2.25. The molecular weight excluding hydrogens is 474 g/mol. The maximum atomic E-state index is 13.4. The average Bonchev–Trinajstić information content (AvgIpc) is 2.90. The molecule has 8 nitrogen and oxygen atoms in total. The summed E-state index contributed by atoms with van der Waals surface area (Å²) in [5.74, 6) is -0.0385. The van der Waals surface area contributed by atoms with Crippen LogP contribution in [0.15, 0.2) is 36.4 Å². The molecule has 2 aromatic carbocycles. The number of methoxy groups -OCH3 is 2. The third-order valence-corrected chi connectivity index (χ3v) is 6.54. The van der Waals surface area contributed by atoms with Crippen LogP contribution in [0.5, 0.6) is 11.5 Å². The van der Waals surface area contributed by atoms with Gasteiger partial charge in [-0.05, 0) is 82.4 Å². The van der Waals surface area contributed by atoms with Crippen molar-refractivity contribution in [2.45, 2.75) is 52.1 Å². The highest BCUT2D eigenvalue weighted by Gasteiger charge is 2.50. The van der Waals surface area contributed by atoms with E-state index in [1.807, 2.05) is 14.0 Å². The minimum absolute atomic E-state index is 0.131. The van der Waals surface area contributed by atoms with E-state index in [0.717, 1.165) is 24.3 Å². The van der Waals surface area contributed by atoms with E-state index in [1.54, 1.807) is 39.2 Å². The summed E-state index contributed by atoms with van der Waals surface area (Å²) in [5, 5.41) is 9.63. The van der Waals surface area contributed by atoms with Crippen LogP contribution in [0.2, 0.25) is 0 Å². The number of carbonyl (C=O) groups is 2. The number of hydrogen-bond donors (Lipinski definition) is 1. The lowest BCUT2D eigenvalue weighted by Crippen LogP contribution is -2.47. The molecule has 0 fully saturated rings. The predicted molar refractivity (Wildman–Crippen MR) is 142 cm³/mol. The van der Waals surface area contributed by atoms with Crippen molar-refractivity contribution in [1.82, 2.24) is 4.90 Å². The quantitative estimate of drug-likeness (QED) is 0.283. The number of aryl methyl sites for hydroxylation is 1. The molecule has 8 heteroatoms. The van der Waals surface area contributed by atoms with Gasteiger partial charge in [-0.1, -0.05) is 24.3 Å². The highest BCUT2D eigenvalue weighted by Crippen LogP contribution is 2.36. The molecule has 0 aliphatic carbocycles. The minimum Gasteiger partial charge on any atom is -0.496 e. The van der Waals surface area contributed by atoms with E-state index in [1.165, 1.54) is 12.7 Å². The molecule has 0 aromatic heterocycles. The van der Waals surface area contributed by atoms with Crippen molar-refractivity contribution in [3.05, 3.63) is 58.7 Å². The van der Waals surface area contributed by atoms with E-state index in [-0.39, 0.29) is 26.2 Å². The van der Waals surface area contributed by atoms with E-state index in [0.29, 0.717) is 29.8 Å². The van der Waals surface area contributed by atoms with Gasteiger partial charge in [0.1, 0.15) is 11.5 Å². The minimum atomic E-state index is -1.64. The molecule has 0 atom stereocenters. The number of likely N-dealkylation sites (N-methyl/N-ethyl adjacent to an activating group) is 1. The number of ether oxygens (including phenoxy) is 4. The molecule has 0 amide bonds. The molecule has 37 heavy (non-hydrogen) atoms. The maximum Gasteiger partial charge on any atom is 0.328 e. The van der Waals surface area contributed by atoms with Crippen molar-refractivity contribution in [2.75, 3.05) is 47.6 Å². The fraction of sp³-hybridized carbons (Fsp3) is 0.517. The zero-order valence-corrected chi connectivity index (χ0v) is 23.0. The Labute approximate surface area is 220 Å². The number of carbonyl (C=O) groups excluding carboxylic acids is 2. The average molecular weight is 516 g/mol. The van der Waals surface area contributed by atoms with Crippen LogP contribution in [-0.4, -0.2) is 69.5 Å². The lowest BCUT2D eigenvalue weighted by atomic mass is 9.76. The van der Waals surface area contributed by atoms with Crippen LogP contribution in [0.4, 0.5) is 0 Å². The molecule has 2 aromatic rings. The van der Waals surface area contributed by atoms with Crippen LogP contribution in [0.1, 0.15) is 48.9 Å². The van der Waals surface area contributed by atoms with Crippen LogP contribution in [0.25, 0.3) is 0 Å². The van der Waals surface area contributed by atoms with Gasteiger partial charge < -0.3 is 29.0 Å². The first-order chi connectivity index (χ1) is 17.8.